The van der Waals surface area contributed by atoms with Gasteiger partial charge in [-0.25, -0.2) is 0 Å². The highest BCUT2D eigenvalue weighted by atomic mass is 15.3. The van der Waals surface area contributed by atoms with E-state index < -0.39 is 0 Å². The Morgan fingerprint density at radius 1 is 1.18 bits per heavy atom. The molecule has 86 valence electrons. The van der Waals surface area contributed by atoms with E-state index in [4.69, 9.17) is 0 Å². The molecule has 3 heteroatoms. The van der Waals surface area contributed by atoms with Crippen molar-refractivity contribution in [3.05, 3.63) is 59.4 Å². The minimum absolute atomic E-state index is 0.976. The number of hydrogen-bond donors (Lipinski definition) is 1. The largest absolute Gasteiger partial charge is 0.278 e. The molecule has 0 saturated heterocycles. The van der Waals surface area contributed by atoms with E-state index in [2.05, 4.69) is 41.5 Å². The van der Waals surface area contributed by atoms with Crippen LogP contribution in [0.1, 0.15) is 16.7 Å². The number of pyridine rings is 1. The number of benzene rings is 1. The van der Waals surface area contributed by atoms with E-state index in [-0.39, 0.29) is 0 Å². The average molecular weight is 225 g/mol. The second-order valence-electron chi connectivity index (χ2n) is 3.96. The molecular weight excluding hydrogens is 210 g/mol. The number of rotatable bonds is 3. The Hall–Kier alpha value is -2.16. The van der Waals surface area contributed by atoms with Crippen molar-refractivity contribution < 1.29 is 0 Å². The Kier molecular flexibility index (Phi) is 3.50. The third kappa shape index (κ3) is 3.14. The molecule has 0 radical (unpaired) electrons. The SMILES string of the molecule is Cc1ccc(N/N=C/c2cccnc2)cc1C. The fourth-order valence-electron chi connectivity index (χ4n) is 1.44. The number of hydrazone groups is 1. The number of aryl methyl sites for hydroxylation is 2. The first kappa shape index (κ1) is 11.3. The molecule has 3 nitrogen and oxygen atoms in total. The first-order chi connectivity index (χ1) is 8.25. The lowest BCUT2D eigenvalue weighted by Crippen LogP contribution is -1.92. The number of hydrogen-bond acceptors (Lipinski definition) is 3. The highest BCUT2D eigenvalue weighted by molar-refractivity contribution is 5.79. The number of aromatic nitrogens is 1. The Bertz CT molecular complexity index is 518. The van der Waals surface area contributed by atoms with Gasteiger partial charge in [0.25, 0.3) is 0 Å². The van der Waals surface area contributed by atoms with Crippen LogP contribution in [0, 0.1) is 13.8 Å². The molecule has 0 atom stereocenters. The predicted molar refractivity (Wildman–Crippen MR) is 71.4 cm³/mol. The van der Waals surface area contributed by atoms with Crippen molar-refractivity contribution in [2.75, 3.05) is 5.43 Å². The van der Waals surface area contributed by atoms with E-state index in [0.717, 1.165) is 11.3 Å². The van der Waals surface area contributed by atoms with Crippen LogP contribution < -0.4 is 5.43 Å². The van der Waals surface area contributed by atoms with Crippen LogP contribution in [0.4, 0.5) is 5.69 Å². The molecule has 2 aromatic rings. The van der Waals surface area contributed by atoms with Crippen molar-refractivity contribution in [3.63, 3.8) is 0 Å². The summed E-state index contributed by atoms with van der Waals surface area (Å²) in [6.45, 7) is 4.18. The van der Waals surface area contributed by atoms with E-state index in [0.29, 0.717) is 0 Å². The Morgan fingerprint density at radius 3 is 2.76 bits per heavy atom. The van der Waals surface area contributed by atoms with Gasteiger partial charge < -0.3 is 0 Å². The summed E-state index contributed by atoms with van der Waals surface area (Å²) in [5.41, 5.74) is 7.51. The van der Waals surface area contributed by atoms with Gasteiger partial charge >= 0.3 is 0 Å². The van der Waals surface area contributed by atoms with Crippen LogP contribution >= 0.6 is 0 Å². The second-order valence-corrected chi connectivity index (χ2v) is 3.96. The number of nitrogens with zero attached hydrogens (tertiary/aromatic N) is 2. The monoisotopic (exact) mass is 225 g/mol. The van der Waals surface area contributed by atoms with Crippen LogP contribution in [0.15, 0.2) is 47.8 Å². The van der Waals surface area contributed by atoms with Crippen LogP contribution in [0.25, 0.3) is 0 Å². The lowest BCUT2D eigenvalue weighted by Gasteiger charge is -2.03. The summed E-state index contributed by atoms with van der Waals surface area (Å²) >= 11 is 0. The van der Waals surface area contributed by atoms with Gasteiger partial charge in [0.1, 0.15) is 0 Å². The smallest absolute Gasteiger partial charge is 0.0564 e. The molecule has 17 heavy (non-hydrogen) atoms. The summed E-state index contributed by atoms with van der Waals surface area (Å²) < 4.78 is 0. The topological polar surface area (TPSA) is 37.3 Å². The Balaban J connectivity index is 2.03. The molecule has 1 N–H and O–H groups in total. The second kappa shape index (κ2) is 5.25. The van der Waals surface area contributed by atoms with Crippen molar-refractivity contribution in [2.24, 2.45) is 5.10 Å². The molecule has 0 bridgehead atoms. The van der Waals surface area contributed by atoms with Crippen molar-refractivity contribution in [1.29, 1.82) is 0 Å². The number of nitrogens with one attached hydrogen (secondary N) is 1. The summed E-state index contributed by atoms with van der Waals surface area (Å²) in [6.07, 6.45) is 5.27. The molecule has 0 amide bonds. The highest BCUT2D eigenvalue weighted by Gasteiger charge is 1.94. The summed E-state index contributed by atoms with van der Waals surface area (Å²) in [4.78, 5) is 4.02. The molecule has 1 aromatic carbocycles. The van der Waals surface area contributed by atoms with E-state index in [9.17, 15) is 0 Å². The van der Waals surface area contributed by atoms with Crippen LogP contribution in [-0.2, 0) is 0 Å². The van der Waals surface area contributed by atoms with Crippen molar-refractivity contribution in [1.82, 2.24) is 4.98 Å². The average Bonchev–Trinajstić information content (AvgIpc) is 2.35. The first-order valence-corrected chi connectivity index (χ1v) is 5.52. The zero-order valence-corrected chi connectivity index (χ0v) is 10.0. The van der Waals surface area contributed by atoms with Gasteiger partial charge in [-0.15, -0.1) is 0 Å². The Morgan fingerprint density at radius 2 is 2.06 bits per heavy atom. The molecule has 0 fully saturated rings. The molecule has 1 heterocycles. The van der Waals surface area contributed by atoms with Gasteiger partial charge in [0.05, 0.1) is 11.9 Å². The maximum Gasteiger partial charge on any atom is 0.0564 e. The minimum atomic E-state index is 0.976. The van der Waals surface area contributed by atoms with Gasteiger partial charge in [-0.1, -0.05) is 12.1 Å². The predicted octanol–water partition coefficient (Wildman–Crippen LogP) is 3.14. The van der Waals surface area contributed by atoms with Gasteiger partial charge in [-0.2, -0.15) is 5.10 Å². The van der Waals surface area contributed by atoms with Gasteiger partial charge in [0.15, 0.2) is 0 Å². The number of anilines is 1. The third-order valence-corrected chi connectivity index (χ3v) is 2.60. The highest BCUT2D eigenvalue weighted by Crippen LogP contribution is 2.13. The van der Waals surface area contributed by atoms with E-state index in [1.165, 1.54) is 11.1 Å². The molecule has 0 aliphatic rings. The fraction of sp³-hybridized carbons (Fsp3) is 0.143. The van der Waals surface area contributed by atoms with Crippen LogP contribution in [-0.4, -0.2) is 11.2 Å². The van der Waals surface area contributed by atoms with Crippen molar-refractivity contribution >= 4 is 11.9 Å². The zero-order valence-electron chi connectivity index (χ0n) is 10.0. The summed E-state index contributed by atoms with van der Waals surface area (Å²) in [7, 11) is 0. The molecule has 0 unspecified atom stereocenters. The van der Waals surface area contributed by atoms with Gasteiger partial charge in [-0.05, 0) is 43.2 Å². The van der Waals surface area contributed by atoms with Gasteiger partial charge in [0, 0.05) is 18.0 Å². The summed E-state index contributed by atoms with van der Waals surface area (Å²) in [5.74, 6) is 0. The summed E-state index contributed by atoms with van der Waals surface area (Å²) in [5, 5.41) is 4.17. The molecule has 0 aliphatic heterocycles. The maximum absolute atomic E-state index is 4.17. The molecule has 1 aromatic heterocycles. The molecule has 0 aliphatic carbocycles. The van der Waals surface area contributed by atoms with E-state index in [1.807, 2.05) is 18.2 Å². The van der Waals surface area contributed by atoms with Crippen molar-refractivity contribution in [2.45, 2.75) is 13.8 Å². The first-order valence-electron chi connectivity index (χ1n) is 5.52. The van der Waals surface area contributed by atoms with E-state index in [1.54, 1.807) is 18.6 Å². The standard InChI is InChI=1S/C14H15N3/c1-11-5-6-14(8-12(11)2)17-16-10-13-4-3-7-15-9-13/h3-10,17H,1-2H3/b16-10+. The van der Waals surface area contributed by atoms with Crippen LogP contribution in [0.2, 0.25) is 0 Å². The van der Waals surface area contributed by atoms with Crippen LogP contribution in [0.3, 0.4) is 0 Å². The summed E-state index contributed by atoms with van der Waals surface area (Å²) in [6, 6.07) is 10.0. The lowest BCUT2D eigenvalue weighted by atomic mass is 10.1. The van der Waals surface area contributed by atoms with Gasteiger partial charge in [0.2, 0.25) is 0 Å². The lowest BCUT2D eigenvalue weighted by molar-refractivity contribution is 1.28. The zero-order chi connectivity index (χ0) is 12.1. The quantitative estimate of drug-likeness (QED) is 0.643. The molecule has 2 rings (SSSR count). The molecule has 0 saturated carbocycles. The normalized spacial score (nSPS) is 10.7. The van der Waals surface area contributed by atoms with E-state index >= 15 is 0 Å². The fourth-order valence-corrected chi connectivity index (χ4v) is 1.44. The Labute approximate surface area is 101 Å². The minimum Gasteiger partial charge on any atom is -0.278 e. The third-order valence-electron chi connectivity index (χ3n) is 2.60. The molecule has 0 spiro atoms. The van der Waals surface area contributed by atoms with Gasteiger partial charge in [-0.3, -0.25) is 10.4 Å². The van der Waals surface area contributed by atoms with Crippen molar-refractivity contribution in [3.8, 4) is 0 Å². The maximum atomic E-state index is 4.17. The van der Waals surface area contributed by atoms with Crippen LogP contribution in [0.5, 0.6) is 0 Å². The molecular formula is C14H15N3.